The fraction of sp³-hybridized carbons (Fsp3) is 0.500. The molecule has 11 heteroatoms. The number of carbonyl (C=O) groups excluding carboxylic acids is 3. The lowest BCUT2D eigenvalue weighted by Gasteiger charge is -2.44. The van der Waals surface area contributed by atoms with E-state index in [1.54, 1.807) is 39.8 Å². The number of hydrogen-bond acceptors (Lipinski definition) is 8. The van der Waals surface area contributed by atoms with E-state index in [9.17, 15) is 24.3 Å². The lowest BCUT2D eigenvalue weighted by Crippen LogP contribution is -2.71. The van der Waals surface area contributed by atoms with Crippen molar-refractivity contribution in [2.24, 2.45) is 0 Å². The Bertz CT molecular complexity index is 1100. The summed E-state index contributed by atoms with van der Waals surface area (Å²) in [7, 11) is 0. The first-order valence-electron chi connectivity index (χ1n) is 11.4. The Morgan fingerprint density at radius 1 is 1.37 bits per heavy atom. The third kappa shape index (κ3) is 4.69. The summed E-state index contributed by atoms with van der Waals surface area (Å²) < 4.78 is 9.82. The number of esters is 1. The average molecular weight is 504 g/mol. The molecule has 0 saturated carbocycles. The summed E-state index contributed by atoms with van der Waals surface area (Å²) in [5, 5.41) is 15.0. The molecule has 3 heterocycles. The Kier molecular flexibility index (Phi) is 6.72. The van der Waals surface area contributed by atoms with Gasteiger partial charge in [0.25, 0.3) is 0 Å². The summed E-state index contributed by atoms with van der Waals surface area (Å²) >= 11 is 1.36. The van der Waals surface area contributed by atoms with E-state index in [4.69, 9.17) is 9.47 Å². The first-order chi connectivity index (χ1) is 16.5. The van der Waals surface area contributed by atoms with Crippen LogP contribution in [0, 0.1) is 0 Å². The molecule has 0 aliphatic carbocycles. The standard InChI is InChI=1S/C24H29N3O7S/c1-5-33-16(28)10-12(2)25-17(14-6-7-15-13(11-14)8-9-34-15)20(29)26-18-21(30)27-19(23(31)32)24(3,4)35-22(18)27/h6-7,10-11,17-19,22,25H,5,8-9H2,1-4H3,(H,26,29)(H,31,32). The van der Waals surface area contributed by atoms with Crippen LogP contribution in [0.15, 0.2) is 30.0 Å². The van der Waals surface area contributed by atoms with Crippen molar-refractivity contribution in [3.8, 4) is 5.75 Å². The number of carbonyl (C=O) groups is 4. The minimum Gasteiger partial charge on any atom is -0.493 e. The van der Waals surface area contributed by atoms with Gasteiger partial charge in [0.15, 0.2) is 0 Å². The van der Waals surface area contributed by atoms with Crippen molar-refractivity contribution >= 4 is 35.5 Å². The van der Waals surface area contributed by atoms with E-state index in [0.29, 0.717) is 17.9 Å². The Morgan fingerprint density at radius 3 is 2.80 bits per heavy atom. The molecule has 4 rings (SSSR count). The molecular formula is C24H29N3O7S. The van der Waals surface area contributed by atoms with Crippen LogP contribution in [-0.2, 0) is 30.3 Å². The Balaban J connectivity index is 1.56. The summed E-state index contributed by atoms with van der Waals surface area (Å²) in [6.45, 7) is 7.70. The normalized spacial score (nSPS) is 25.0. The first-order valence-corrected chi connectivity index (χ1v) is 12.3. The average Bonchev–Trinajstić information content (AvgIpc) is 3.35. The van der Waals surface area contributed by atoms with Crippen LogP contribution in [0.25, 0.3) is 0 Å². The number of nitrogens with one attached hydrogen (secondary N) is 2. The van der Waals surface area contributed by atoms with E-state index in [-0.39, 0.29) is 6.61 Å². The molecule has 10 nitrogen and oxygen atoms in total. The van der Waals surface area contributed by atoms with E-state index < -0.39 is 52.0 Å². The highest BCUT2D eigenvalue weighted by Gasteiger charge is 2.64. The van der Waals surface area contributed by atoms with Crippen molar-refractivity contribution in [3.05, 3.63) is 41.1 Å². The van der Waals surface area contributed by atoms with E-state index in [2.05, 4.69) is 10.6 Å². The number of fused-ring (bicyclic) bond motifs is 2. The number of ether oxygens (including phenoxy) is 2. The second-order valence-corrected chi connectivity index (χ2v) is 11.0. The van der Waals surface area contributed by atoms with Crippen LogP contribution in [0.4, 0.5) is 0 Å². The van der Waals surface area contributed by atoms with Gasteiger partial charge < -0.3 is 30.1 Å². The summed E-state index contributed by atoms with van der Waals surface area (Å²) in [4.78, 5) is 51.3. The molecule has 0 spiro atoms. The predicted octanol–water partition coefficient (Wildman–Crippen LogP) is 1.35. The summed E-state index contributed by atoms with van der Waals surface area (Å²) in [5.74, 6) is -1.72. The van der Waals surface area contributed by atoms with Crippen molar-refractivity contribution in [3.63, 3.8) is 0 Å². The summed E-state index contributed by atoms with van der Waals surface area (Å²) in [6, 6.07) is 2.74. The quantitative estimate of drug-likeness (QED) is 0.273. The molecule has 0 radical (unpaired) electrons. The monoisotopic (exact) mass is 503 g/mol. The van der Waals surface area contributed by atoms with Gasteiger partial charge in [-0.15, -0.1) is 11.8 Å². The number of aliphatic carboxylic acids is 1. The van der Waals surface area contributed by atoms with Gasteiger partial charge in [-0.3, -0.25) is 9.59 Å². The van der Waals surface area contributed by atoms with Gasteiger partial charge in [0.2, 0.25) is 11.8 Å². The minimum atomic E-state index is -1.07. The fourth-order valence-electron chi connectivity index (χ4n) is 4.70. The fourth-order valence-corrected chi connectivity index (χ4v) is 6.32. The van der Waals surface area contributed by atoms with Gasteiger partial charge in [0.05, 0.1) is 13.2 Å². The van der Waals surface area contributed by atoms with Gasteiger partial charge in [0, 0.05) is 22.9 Å². The number of nitrogens with zero attached hydrogens (tertiary/aromatic N) is 1. The van der Waals surface area contributed by atoms with E-state index >= 15 is 0 Å². The molecule has 1 aromatic carbocycles. The Hall–Kier alpha value is -3.21. The number of thioether (sulfide) groups is 1. The van der Waals surface area contributed by atoms with Gasteiger partial charge in [-0.2, -0.15) is 0 Å². The molecule has 3 N–H and O–H groups in total. The molecule has 0 aromatic heterocycles. The molecule has 2 fully saturated rings. The summed E-state index contributed by atoms with van der Waals surface area (Å²) in [5.41, 5.74) is 2.04. The number of β-lactam (4-membered cyclic amide) rings is 1. The maximum absolute atomic E-state index is 13.5. The maximum Gasteiger partial charge on any atom is 0.332 e. The van der Waals surface area contributed by atoms with Crippen molar-refractivity contribution in [1.29, 1.82) is 0 Å². The molecule has 4 atom stereocenters. The van der Waals surface area contributed by atoms with Crippen LogP contribution in [0.1, 0.15) is 44.9 Å². The lowest BCUT2D eigenvalue weighted by atomic mass is 9.95. The molecule has 2 saturated heterocycles. The highest BCUT2D eigenvalue weighted by Crippen LogP contribution is 2.50. The predicted molar refractivity (Wildman–Crippen MR) is 128 cm³/mol. The van der Waals surface area contributed by atoms with Crippen LogP contribution in [0.2, 0.25) is 0 Å². The number of carboxylic acids is 1. The van der Waals surface area contributed by atoms with Crippen LogP contribution in [0.3, 0.4) is 0 Å². The Labute approximate surface area is 207 Å². The maximum atomic E-state index is 13.5. The lowest BCUT2D eigenvalue weighted by molar-refractivity contribution is -0.161. The van der Waals surface area contributed by atoms with Crippen LogP contribution in [-0.4, -0.2) is 69.2 Å². The largest absolute Gasteiger partial charge is 0.493 e. The molecule has 188 valence electrons. The zero-order chi connectivity index (χ0) is 25.5. The smallest absolute Gasteiger partial charge is 0.332 e. The first kappa shape index (κ1) is 24.9. The van der Waals surface area contributed by atoms with E-state index in [1.807, 2.05) is 6.07 Å². The molecule has 3 aliphatic rings. The van der Waals surface area contributed by atoms with Gasteiger partial charge >= 0.3 is 11.9 Å². The second-order valence-electron chi connectivity index (χ2n) is 9.21. The highest BCUT2D eigenvalue weighted by molar-refractivity contribution is 8.01. The Morgan fingerprint density at radius 2 is 2.11 bits per heavy atom. The second kappa shape index (κ2) is 9.44. The van der Waals surface area contributed by atoms with Gasteiger partial charge in [-0.05, 0) is 51.0 Å². The molecule has 35 heavy (non-hydrogen) atoms. The highest BCUT2D eigenvalue weighted by atomic mass is 32.2. The number of allylic oxidation sites excluding steroid dienone is 1. The van der Waals surface area contributed by atoms with Gasteiger partial charge in [-0.25, -0.2) is 9.59 Å². The molecular weight excluding hydrogens is 474 g/mol. The third-order valence-corrected chi connectivity index (χ3v) is 7.85. The van der Waals surface area contributed by atoms with Crippen LogP contribution >= 0.6 is 11.8 Å². The molecule has 1 aromatic rings. The number of hydrogen-bond donors (Lipinski definition) is 3. The minimum absolute atomic E-state index is 0.227. The van der Waals surface area contributed by atoms with Gasteiger partial charge in [-0.1, -0.05) is 6.07 Å². The van der Waals surface area contributed by atoms with Crippen LogP contribution in [0.5, 0.6) is 5.75 Å². The number of amides is 2. The molecule has 4 unspecified atom stereocenters. The number of benzene rings is 1. The van der Waals surface area contributed by atoms with Crippen molar-refractivity contribution in [2.75, 3.05) is 13.2 Å². The van der Waals surface area contributed by atoms with Crippen molar-refractivity contribution in [1.82, 2.24) is 15.5 Å². The van der Waals surface area contributed by atoms with E-state index in [0.717, 1.165) is 17.7 Å². The topological polar surface area (TPSA) is 134 Å². The SMILES string of the molecule is CCOC(=O)C=C(C)NC(C(=O)NC1C(=O)N2C1SC(C)(C)C2C(=O)O)c1ccc2c(c1)CCO2. The molecule has 3 aliphatic heterocycles. The molecule has 2 amide bonds. The summed E-state index contributed by atoms with van der Waals surface area (Å²) in [6.07, 6.45) is 1.99. The number of rotatable bonds is 8. The van der Waals surface area contributed by atoms with Crippen molar-refractivity contribution in [2.45, 2.75) is 62.4 Å². The van der Waals surface area contributed by atoms with Gasteiger partial charge in [0.1, 0.15) is 29.2 Å². The number of carboxylic acid groups (broad SMARTS) is 1. The zero-order valence-corrected chi connectivity index (χ0v) is 20.8. The zero-order valence-electron chi connectivity index (χ0n) is 20.0. The van der Waals surface area contributed by atoms with Crippen LogP contribution < -0.4 is 15.4 Å². The molecule has 0 bridgehead atoms. The van der Waals surface area contributed by atoms with Crippen molar-refractivity contribution < 1.29 is 33.8 Å². The van der Waals surface area contributed by atoms with E-state index in [1.165, 1.54) is 22.7 Å². The third-order valence-electron chi connectivity index (χ3n) is 6.27.